The normalized spacial score (nSPS) is 14.2. The average molecular weight is 338 g/mol. The Labute approximate surface area is 147 Å². The predicted octanol–water partition coefficient (Wildman–Crippen LogP) is 2.83. The van der Waals surface area contributed by atoms with Gasteiger partial charge in [0.05, 0.1) is 13.2 Å². The molecular formula is C20H22N2O3. The monoisotopic (exact) mass is 338 g/mol. The van der Waals surface area contributed by atoms with Crippen LogP contribution in [0.25, 0.3) is 0 Å². The molecule has 2 aromatic carbocycles. The first kappa shape index (κ1) is 17.2. The van der Waals surface area contributed by atoms with Crippen LogP contribution >= 0.6 is 0 Å². The lowest BCUT2D eigenvalue weighted by molar-refractivity contribution is 0.0303. The summed E-state index contributed by atoms with van der Waals surface area (Å²) < 4.78 is 5.29. The van der Waals surface area contributed by atoms with E-state index in [1.165, 1.54) is 0 Å². The molecule has 130 valence electrons. The molecule has 1 saturated heterocycles. The van der Waals surface area contributed by atoms with Gasteiger partial charge in [0.2, 0.25) is 0 Å². The molecule has 3 rings (SSSR count). The lowest BCUT2D eigenvalue weighted by Gasteiger charge is -2.27. The molecule has 0 radical (unpaired) electrons. The van der Waals surface area contributed by atoms with Crippen molar-refractivity contribution >= 4 is 17.5 Å². The highest BCUT2D eigenvalue weighted by molar-refractivity contribution is 6.07. The number of carbonyl (C=O) groups is 2. The Morgan fingerprint density at radius 1 is 1.00 bits per heavy atom. The molecule has 0 atom stereocenters. The van der Waals surface area contributed by atoms with Crippen LogP contribution in [0.2, 0.25) is 0 Å². The van der Waals surface area contributed by atoms with Gasteiger partial charge in [0.1, 0.15) is 0 Å². The van der Waals surface area contributed by atoms with E-state index in [0.29, 0.717) is 44.0 Å². The van der Waals surface area contributed by atoms with Gasteiger partial charge < -0.3 is 14.5 Å². The molecule has 0 bridgehead atoms. The summed E-state index contributed by atoms with van der Waals surface area (Å²) in [6.07, 6.45) is 0. The molecule has 0 spiro atoms. The van der Waals surface area contributed by atoms with Gasteiger partial charge in [-0.25, -0.2) is 0 Å². The van der Waals surface area contributed by atoms with Crippen molar-refractivity contribution in [1.29, 1.82) is 0 Å². The van der Waals surface area contributed by atoms with E-state index >= 15 is 0 Å². The van der Waals surface area contributed by atoms with Gasteiger partial charge in [0, 0.05) is 36.4 Å². The summed E-state index contributed by atoms with van der Waals surface area (Å²) in [5, 5.41) is 0. The van der Waals surface area contributed by atoms with Gasteiger partial charge in [-0.15, -0.1) is 0 Å². The first-order valence-corrected chi connectivity index (χ1v) is 8.54. The van der Waals surface area contributed by atoms with Crippen LogP contribution in [-0.4, -0.2) is 49.6 Å². The molecule has 2 amide bonds. The van der Waals surface area contributed by atoms with E-state index in [0.717, 1.165) is 5.69 Å². The summed E-state index contributed by atoms with van der Waals surface area (Å²) in [5.74, 6) is -0.161. The number of para-hydroxylation sites is 1. The van der Waals surface area contributed by atoms with Crippen molar-refractivity contribution in [1.82, 2.24) is 4.90 Å². The van der Waals surface area contributed by atoms with Crippen molar-refractivity contribution in [3.63, 3.8) is 0 Å². The van der Waals surface area contributed by atoms with Crippen molar-refractivity contribution in [2.45, 2.75) is 6.92 Å². The van der Waals surface area contributed by atoms with Crippen molar-refractivity contribution in [3.05, 3.63) is 65.7 Å². The number of ether oxygens (including phenoxy) is 1. The van der Waals surface area contributed by atoms with E-state index in [2.05, 4.69) is 0 Å². The standard InChI is InChI=1S/C20H22N2O3/c1-2-22(18-9-4-3-5-10-18)20(24)17-8-6-7-16(15-17)19(23)21-11-13-25-14-12-21/h3-10,15H,2,11-14H2,1H3. The number of carbonyl (C=O) groups excluding carboxylic acids is 2. The number of morpholine rings is 1. The lowest BCUT2D eigenvalue weighted by Crippen LogP contribution is -2.40. The number of anilines is 1. The molecule has 0 saturated carbocycles. The molecule has 0 aliphatic carbocycles. The molecule has 1 fully saturated rings. The number of benzene rings is 2. The second kappa shape index (κ2) is 7.94. The minimum absolute atomic E-state index is 0.0549. The van der Waals surface area contributed by atoms with Gasteiger partial charge in [-0.2, -0.15) is 0 Å². The second-order valence-electron chi connectivity index (χ2n) is 5.87. The smallest absolute Gasteiger partial charge is 0.258 e. The molecule has 1 heterocycles. The van der Waals surface area contributed by atoms with Crippen LogP contribution in [0.4, 0.5) is 5.69 Å². The van der Waals surface area contributed by atoms with Crippen LogP contribution < -0.4 is 4.90 Å². The van der Waals surface area contributed by atoms with Crippen LogP contribution in [0.3, 0.4) is 0 Å². The zero-order chi connectivity index (χ0) is 17.6. The Morgan fingerprint density at radius 3 is 2.36 bits per heavy atom. The third-order valence-corrected chi connectivity index (χ3v) is 4.28. The molecule has 0 N–H and O–H groups in total. The summed E-state index contributed by atoms with van der Waals surface area (Å²) in [6, 6.07) is 16.5. The molecule has 1 aliphatic rings. The summed E-state index contributed by atoms with van der Waals surface area (Å²) in [5.41, 5.74) is 1.90. The van der Waals surface area contributed by atoms with Gasteiger partial charge in [-0.3, -0.25) is 9.59 Å². The molecular weight excluding hydrogens is 316 g/mol. The Kier molecular flexibility index (Phi) is 5.46. The fraction of sp³-hybridized carbons (Fsp3) is 0.300. The third-order valence-electron chi connectivity index (χ3n) is 4.28. The number of hydrogen-bond acceptors (Lipinski definition) is 3. The van der Waals surface area contributed by atoms with Gasteiger partial charge in [-0.05, 0) is 37.3 Å². The predicted molar refractivity (Wildman–Crippen MR) is 97.0 cm³/mol. The summed E-state index contributed by atoms with van der Waals surface area (Å²) in [6.45, 7) is 4.78. The zero-order valence-corrected chi connectivity index (χ0v) is 14.4. The van der Waals surface area contributed by atoms with Crippen molar-refractivity contribution in [2.24, 2.45) is 0 Å². The van der Waals surface area contributed by atoms with Crippen molar-refractivity contribution < 1.29 is 14.3 Å². The number of rotatable bonds is 4. The van der Waals surface area contributed by atoms with Gasteiger partial charge in [0.25, 0.3) is 11.8 Å². The summed E-state index contributed by atoms with van der Waals surface area (Å²) in [7, 11) is 0. The van der Waals surface area contributed by atoms with Crippen LogP contribution in [0.1, 0.15) is 27.6 Å². The van der Waals surface area contributed by atoms with Crippen molar-refractivity contribution in [2.75, 3.05) is 37.7 Å². The van der Waals surface area contributed by atoms with Crippen LogP contribution in [0.15, 0.2) is 54.6 Å². The third kappa shape index (κ3) is 3.88. The lowest BCUT2D eigenvalue weighted by atomic mass is 10.1. The molecule has 0 aromatic heterocycles. The molecule has 0 unspecified atom stereocenters. The Balaban J connectivity index is 1.82. The minimum Gasteiger partial charge on any atom is -0.378 e. The second-order valence-corrected chi connectivity index (χ2v) is 5.87. The Bertz CT molecular complexity index is 740. The van der Waals surface area contributed by atoms with E-state index in [-0.39, 0.29) is 11.8 Å². The van der Waals surface area contributed by atoms with Crippen LogP contribution in [0.5, 0.6) is 0 Å². The van der Waals surface area contributed by atoms with E-state index in [4.69, 9.17) is 4.74 Å². The topological polar surface area (TPSA) is 49.9 Å². The molecule has 5 heteroatoms. The van der Waals surface area contributed by atoms with Crippen LogP contribution in [-0.2, 0) is 4.74 Å². The number of amides is 2. The average Bonchev–Trinajstić information content (AvgIpc) is 2.69. The van der Waals surface area contributed by atoms with Crippen molar-refractivity contribution in [3.8, 4) is 0 Å². The Morgan fingerprint density at radius 2 is 1.68 bits per heavy atom. The van der Waals surface area contributed by atoms with E-state index < -0.39 is 0 Å². The van der Waals surface area contributed by atoms with Gasteiger partial charge in [-0.1, -0.05) is 24.3 Å². The minimum atomic E-state index is -0.106. The fourth-order valence-electron chi connectivity index (χ4n) is 2.94. The summed E-state index contributed by atoms with van der Waals surface area (Å²) in [4.78, 5) is 29.0. The highest BCUT2D eigenvalue weighted by Gasteiger charge is 2.21. The highest BCUT2D eigenvalue weighted by Crippen LogP contribution is 2.18. The molecule has 2 aromatic rings. The fourth-order valence-corrected chi connectivity index (χ4v) is 2.94. The first-order chi connectivity index (χ1) is 12.2. The molecule has 5 nitrogen and oxygen atoms in total. The number of nitrogens with zero attached hydrogens (tertiary/aromatic N) is 2. The largest absolute Gasteiger partial charge is 0.378 e. The quantitative estimate of drug-likeness (QED) is 0.861. The first-order valence-electron chi connectivity index (χ1n) is 8.54. The van der Waals surface area contributed by atoms with Gasteiger partial charge >= 0.3 is 0 Å². The SMILES string of the molecule is CCN(C(=O)c1cccc(C(=O)N2CCOCC2)c1)c1ccccc1. The van der Waals surface area contributed by atoms with E-state index in [1.807, 2.05) is 37.3 Å². The highest BCUT2D eigenvalue weighted by atomic mass is 16.5. The van der Waals surface area contributed by atoms with Crippen LogP contribution in [0, 0.1) is 0 Å². The van der Waals surface area contributed by atoms with E-state index in [9.17, 15) is 9.59 Å². The maximum absolute atomic E-state index is 12.9. The Hall–Kier alpha value is -2.66. The molecule has 25 heavy (non-hydrogen) atoms. The zero-order valence-electron chi connectivity index (χ0n) is 14.4. The van der Waals surface area contributed by atoms with E-state index in [1.54, 1.807) is 34.1 Å². The maximum Gasteiger partial charge on any atom is 0.258 e. The maximum atomic E-state index is 12.9. The number of hydrogen-bond donors (Lipinski definition) is 0. The summed E-state index contributed by atoms with van der Waals surface area (Å²) >= 11 is 0. The molecule has 1 aliphatic heterocycles. The van der Waals surface area contributed by atoms with Gasteiger partial charge in [0.15, 0.2) is 0 Å².